The van der Waals surface area contributed by atoms with Crippen LogP contribution in [0.3, 0.4) is 0 Å². The summed E-state index contributed by atoms with van der Waals surface area (Å²) in [7, 11) is -6.79. The summed E-state index contributed by atoms with van der Waals surface area (Å²) in [5, 5.41) is 2.75. The van der Waals surface area contributed by atoms with Crippen LogP contribution in [0.15, 0.2) is 64.4 Å². The van der Waals surface area contributed by atoms with Crippen molar-refractivity contribution >= 4 is 25.8 Å². The van der Waals surface area contributed by atoms with Crippen molar-refractivity contribution in [1.82, 2.24) is 9.62 Å². The molecule has 32 heavy (non-hydrogen) atoms. The van der Waals surface area contributed by atoms with Crippen LogP contribution in [0.5, 0.6) is 0 Å². The lowest BCUT2D eigenvalue weighted by atomic mass is 10.1. The van der Waals surface area contributed by atoms with Crippen LogP contribution in [0, 0.1) is 0 Å². The number of hydrogen-bond donors (Lipinski definition) is 1. The molecule has 0 atom stereocenters. The van der Waals surface area contributed by atoms with Gasteiger partial charge in [-0.05, 0) is 55.5 Å². The smallest absolute Gasteiger partial charge is 0.243 e. The highest BCUT2D eigenvalue weighted by Crippen LogP contribution is 2.21. The van der Waals surface area contributed by atoms with E-state index in [0.717, 1.165) is 24.8 Å². The van der Waals surface area contributed by atoms with Gasteiger partial charge in [0.2, 0.25) is 15.9 Å². The first-order valence-corrected chi connectivity index (χ1v) is 14.0. The first kappa shape index (κ1) is 24.4. The van der Waals surface area contributed by atoms with Crippen molar-refractivity contribution < 1.29 is 21.6 Å². The number of amides is 1. The fourth-order valence-corrected chi connectivity index (χ4v) is 6.51. The molecule has 1 heterocycles. The molecule has 0 unspecified atom stereocenters. The molecule has 7 nitrogen and oxygen atoms in total. The lowest BCUT2D eigenvalue weighted by molar-refractivity contribution is -0.121. The zero-order valence-corrected chi connectivity index (χ0v) is 19.7. The Morgan fingerprint density at radius 3 is 2.16 bits per heavy atom. The average molecular weight is 479 g/mol. The molecular formula is C23H30N2O5S2. The quantitative estimate of drug-likeness (QED) is 0.529. The second-order valence-corrected chi connectivity index (χ2v) is 12.0. The predicted molar refractivity (Wildman–Crippen MR) is 123 cm³/mol. The number of carbonyl (C=O) groups is 1. The number of carbonyl (C=O) groups excluding carboxylic acids is 1. The highest BCUT2D eigenvalue weighted by molar-refractivity contribution is 7.91. The average Bonchev–Trinajstić information content (AvgIpc) is 2.82. The molecule has 0 aliphatic carbocycles. The van der Waals surface area contributed by atoms with Gasteiger partial charge in [-0.3, -0.25) is 4.79 Å². The summed E-state index contributed by atoms with van der Waals surface area (Å²) in [5.74, 6) is -0.184. The molecule has 3 rings (SSSR count). The lowest BCUT2D eigenvalue weighted by Crippen LogP contribution is -2.35. The number of hydrogen-bond acceptors (Lipinski definition) is 5. The van der Waals surface area contributed by atoms with Gasteiger partial charge in [0.25, 0.3) is 0 Å². The Morgan fingerprint density at radius 2 is 1.50 bits per heavy atom. The van der Waals surface area contributed by atoms with Crippen LogP contribution in [-0.4, -0.2) is 52.4 Å². The van der Waals surface area contributed by atoms with Crippen LogP contribution in [0.1, 0.15) is 37.7 Å². The second-order valence-electron chi connectivity index (χ2n) is 7.94. The molecule has 174 valence electrons. The number of piperidine rings is 1. The van der Waals surface area contributed by atoms with E-state index in [-0.39, 0.29) is 34.4 Å². The number of aryl methyl sites for hydroxylation is 1. The van der Waals surface area contributed by atoms with Gasteiger partial charge in [-0.15, -0.1) is 0 Å². The third-order valence-electron chi connectivity index (χ3n) is 5.53. The van der Waals surface area contributed by atoms with E-state index in [1.54, 1.807) is 54.6 Å². The van der Waals surface area contributed by atoms with E-state index in [0.29, 0.717) is 25.9 Å². The van der Waals surface area contributed by atoms with E-state index in [4.69, 9.17) is 0 Å². The Labute approximate surface area is 190 Å². The largest absolute Gasteiger partial charge is 0.356 e. The van der Waals surface area contributed by atoms with Crippen LogP contribution in [0.25, 0.3) is 0 Å². The molecule has 1 amide bonds. The topological polar surface area (TPSA) is 101 Å². The van der Waals surface area contributed by atoms with Crippen molar-refractivity contribution in [1.29, 1.82) is 0 Å². The van der Waals surface area contributed by atoms with Gasteiger partial charge >= 0.3 is 0 Å². The predicted octanol–water partition coefficient (Wildman–Crippen LogP) is 2.77. The fourth-order valence-electron chi connectivity index (χ4n) is 3.66. The Hall–Kier alpha value is -2.23. The number of nitrogens with one attached hydrogen (secondary N) is 1. The highest BCUT2D eigenvalue weighted by Gasteiger charge is 2.25. The van der Waals surface area contributed by atoms with E-state index in [1.165, 1.54) is 4.31 Å². The van der Waals surface area contributed by atoms with Gasteiger partial charge < -0.3 is 5.32 Å². The molecular weight excluding hydrogens is 448 g/mol. The molecule has 0 aromatic heterocycles. The minimum Gasteiger partial charge on any atom is -0.356 e. The summed E-state index contributed by atoms with van der Waals surface area (Å²) < 4.78 is 51.4. The number of rotatable bonds is 10. The Balaban J connectivity index is 1.41. The maximum absolute atomic E-state index is 12.7. The monoisotopic (exact) mass is 478 g/mol. The van der Waals surface area contributed by atoms with Crippen LogP contribution in [-0.2, 0) is 31.1 Å². The summed E-state index contributed by atoms with van der Waals surface area (Å²) in [6.07, 6.45) is 3.93. The van der Waals surface area contributed by atoms with Gasteiger partial charge in [0.1, 0.15) is 0 Å². The van der Waals surface area contributed by atoms with E-state index >= 15 is 0 Å². The molecule has 1 N–H and O–H groups in total. The van der Waals surface area contributed by atoms with Crippen molar-refractivity contribution in [3.63, 3.8) is 0 Å². The molecule has 0 spiro atoms. The number of benzene rings is 2. The first-order chi connectivity index (χ1) is 15.3. The van der Waals surface area contributed by atoms with Gasteiger partial charge in [-0.1, -0.05) is 36.8 Å². The molecule has 1 aliphatic heterocycles. The van der Waals surface area contributed by atoms with Crippen LogP contribution < -0.4 is 5.32 Å². The Kier molecular flexibility index (Phi) is 8.44. The van der Waals surface area contributed by atoms with Gasteiger partial charge in [-0.2, -0.15) is 4.31 Å². The Morgan fingerprint density at radius 1 is 0.844 bits per heavy atom. The summed E-state index contributed by atoms with van der Waals surface area (Å²) in [5.41, 5.74) is 0.879. The number of nitrogens with zero attached hydrogens (tertiary/aromatic N) is 1. The SMILES string of the molecule is O=C(CCc1ccc(S(=O)(=O)N2CCCCC2)cc1)NCCCS(=O)(=O)c1ccccc1. The minimum atomic E-state index is -3.45. The van der Waals surface area contributed by atoms with Gasteiger partial charge in [0.05, 0.1) is 15.5 Å². The zero-order chi connectivity index (χ0) is 23.0. The van der Waals surface area contributed by atoms with Crippen molar-refractivity contribution in [2.24, 2.45) is 0 Å². The van der Waals surface area contributed by atoms with Crippen molar-refractivity contribution in [3.8, 4) is 0 Å². The molecule has 2 aromatic carbocycles. The van der Waals surface area contributed by atoms with E-state index in [9.17, 15) is 21.6 Å². The van der Waals surface area contributed by atoms with Crippen molar-refractivity contribution in [3.05, 3.63) is 60.2 Å². The minimum absolute atomic E-state index is 0.0236. The third-order valence-corrected chi connectivity index (χ3v) is 9.26. The molecule has 0 bridgehead atoms. The summed E-state index contributed by atoms with van der Waals surface area (Å²) in [4.78, 5) is 12.7. The van der Waals surface area contributed by atoms with Gasteiger partial charge in [0.15, 0.2) is 9.84 Å². The van der Waals surface area contributed by atoms with Crippen LogP contribution >= 0.6 is 0 Å². The molecule has 2 aromatic rings. The molecule has 0 radical (unpaired) electrons. The highest BCUT2D eigenvalue weighted by atomic mass is 32.2. The summed E-state index contributed by atoms with van der Waals surface area (Å²) >= 11 is 0. The standard InChI is InChI=1S/C23H30N2O5S2/c26-23(24-16-7-19-31(27,28)21-8-3-1-4-9-21)15-12-20-10-13-22(14-11-20)32(29,30)25-17-5-2-6-18-25/h1,3-4,8-11,13-14H,2,5-7,12,15-19H2,(H,24,26). The van der Waals surface area contributed by atoms with Crippen LogP contribution in [0.4, 0.5) is 0 Å². The van der Waals surface area contributed by atoms with Crippen molar-refractivity contribution in [2.45, 2.75) is 48.3 Å². The summed E-state index contributed by atoms with van der Waals surface area (Å²) in [6.45, 7) is 1.42. The molecule has 1 saturated heterocycles. The molecule has 1 aliphatic rings. The summed E-state index contributed by atoms with van der Waals surface area (Å²) in [6, 6.07) is 15.0. The zero-order valence-electron chi connectivity index (χ0n) is 18.1. The molecule has 0 saturated carbocycles. The van der Waals surface area contributed by atoms with E-state index in [1.807, 2.05) is 0 Å². The van der Waals surface area contributed by atoms with E-state index in [2.05, 4.69) is 5.32 Å². The molecule has 1 fully saturated rings. The lowest BCUT2D eigenvalue weighted by Gasteiger charge is -2.25. The van der Waals surface area contributed by atoms with E-state index < -0.39 is 19.9 Å². The Bertz CT molecular complexity index is 1090. The number of sulfonamides is 1. The maximum Gasteiger partial charge on any atom is 0.243 e. The molecule has 9 heteroatoms. The normalized spacial score (nSPS) is 15.4. The van der Waals surface area contributed by atoms with Crippen LogP contribution in [0.2, 0.25) is 0 Å². The third kappa shape index (κ3) is 6.63. The number of sulfone groups is 1. The van der Waals surface area contributed by atoms with Crippen molar-refractivity contribution in [2.75, 3.05) is 25.4 Å². The maximum atomic E-state index is 12.7. The fraction of sp³-hybridized carbons (Fsp3) is 0.435. The first-order valence-electron chi connectivity index (χ1n) is 10.9. The second kappa shape index (κ2) is 11.1. The van der Waals surface area contributed by atoms with Gasteiger partial charge in [-0.25, -0.2) is 16.8 Å². The van der Waals surface area contributed by atoms with Gasteiger partial charge in [0, 0.05) is 26.1 Å².